The first-order valence-corrected chi connectivity index (χ1v) is 4.97. The Morgan fingerprint density at radius 2 is 2.29 bits per heavy atom. The zero-order valence-corrected chi connectivity index (χ0v) is 8.95. The molecule has 0 atom stereocenters. The minimum Gasteiger partial charge on any atom is -0.312 e. The van der Waals surface area contributed by atoms with Gasteiger partial charge in [-0.3, -0.25) is 4.98 Å². The molecule has 0 bridgehead atoms. The maximum Gasteiger partial charge on any atom is 0.241 e. The van der Waals surface area contributed by atoms with E-state index in [1.54, 1.807) is 6.20 Å². The van der Waals surface area contributed by atoms with E-state index in [2.05, 4.69) is 25.8 Å². The van der Waals surface area contributed by atoms with Gasteiger partial charge in [0.05, 0.1) is 5.52 Å². The summed E-state index contributed by atoms with van der Waals surface area (Å²) in [7, 11) is 0. The summed E-state index contributed by atoms with van der Waals surface area (Å²) in [6.45, 7) is 7.18. The highest BCUT2D eigenvalue weighted by Crippen LogP contribution is 2.22. The Kier molecular flexibility index (Phi) is 2.47. The molecule has 3 heteroatoms. The van der Waals surface area contributed by atoms with E-state index in [9.17, 15) is 0 Å². The summed E-state index contributed by atoms with van der Waals surface area (Å²) in [6, 6.07) is 7.94. The van der Waals surface area contributed by atoms with Crippen LogP contribution in [0.4, 0.5) is 0 Å². The fourth-order valence-electron chi connectivity index (χ4n) is 1.35. The highest BCUT2D eigenvalue weighted by molar-refractivity contribution is 9.10. The number of halogens is 1. The number of nitrogens with zero attached hydrogens (tertiary/aromatic N) is 2. The molecule has 0 aliphatic carbocycles. The second-order valence-electron chi connectivity index (χ2n) is 2.97. The fraction of sp³-hybridized carbons (Fsp3) is 0.0909. The maximum atomic E-state index is 6.78. The average Bonchev–Trinajstić information content (AvgIpc) is 2.18. The van der Waals surface area contributed by atoms with Gasteiger partial charge in [0.15, 0.2) is 0 Å². The van der Waals surface area contributed by atoms with Crippen LogP contribution in [0.15, 0.2) is 34.9 Å². The summed E-state index contributed by atoms with van der Waals surface area (Å²) in [5.74, 6) is 0. The SMILES string of the molecule is [C-]#[N+]Cc1cnc2c(Br)cccc2c1. The van der Waals surface area contributed by atoms with Crippen LogP contribution in [0.5, 0.6) is 0 Å². The lowest BCUT2D eigenvalue weighted by atomic mass is 10.1. The van der Waals surface area contributed by atoms with E-state index in [1.807, 2.05) is 24.3 Å². The molecule has 68 valence electrons. The van der Waals surface area contributed by atoms with Crippen molar-refractivity contribution in [3.63, 3.8) is 0 Å². The predicted molar refractivity (Wildman–Crippen MR) is 59.7 cm³/mol. The van der Waals surface area contributed by atoms with Crippen molar-refractivity contribution in [2.75, 3.05) is 0 Å². The van der Waals surface area contributed by atoms with E-state index in [4.69, 9.17) is 6.57 Å². The first kappa shape index (κ1) is 9.17. The van der Waals surface area contributed by atoms with Crippen LogP contribution in [0.25, 0.3) is 15.7 Å². The molecular formula is C11H7BrN2. The van der Waals surface area contributed by atoms with Crippen molar-refractivity contribution in [2.24, 2.45) is 0 Å². The highest BCUT2D eigenvalue weighted by atomic mass is 79.9. The first-order chi connectivity index (χ1) is 6.81. The zero-order valence-electron chi connectivity index (χ0n) is 7.37. The maximum absolute atomic E-state index is 6.78. The van der Waals surface area contributed by atoms with Crippen LogP contribution < -0.4 is 0 Å². The molecule has 0 aliphatic rings. The molecule has 2 aromatic rings. The number of rotatable bonds is 1. The van der Waals surface area contributed by atoms with Crippen LogP contribution in [0, 0.1) is 6.57 Å². The zero-order chi connectivity index (χ0) is 9.97. The molecule has 1 aromatic heterocycles. The first-order valence-electron chi connectivity index (χ1n) is 4.17. The Morgan fingerprint density at radius 3 is 3.07 bits per heavy atom. The lowest BCUT2D eigenvalue weighted by Crippen LogP contribution is -1.85. The molecule has 0 unspecified atom stereocenters. The normalized spacial score (nSPS) is 10.0. The van der Waals surface area contributed by atoms with Crippen molar-refractivity contribution in [2.45, 2.75) is 6.54 Å². The number of para-hydroxylation sites is 1. The van der Waals surface area contributed by atoms with Crippen molar-refractivity contribution in [1.29, 1.82) is 0 Å². The third-order valence-corrected chi connectivity index (χ3v) is 2.62. The molecule has 2 nitrogen and oxygen atoms in total. The number of hydrogen-bond donors (Lipinski definition) is 0. The van der Waals surface area contributed by atoms with Gasteiger partial charge >= 0.3 is 0 Å². The van der Waals surface area contributed by atoms with Gasteiger partial charge in [-0.15, -0.1) is 0 Å². The van der Waals surface area contributed by atoms with E-state index in [-0.39, 0.29) is 0 Å². The minimum absolute atomic E-state index is 0.398. The summed E-state index contributed by atoms with van der Waals surface area (Å²) < 4.78 is 0.990. The summed E-state index contributed by atoms with van der Waals surface area (Å²) in [6.07, 6.45) is 1.76. The number of aromatic nitrogens is 1. The number of hydrogen-bond acceptors (Lipinski definition) is 1. The molecule has 0 saturated carbocycles. The molecule has 14 heavy (non-hydrogen) atoms. The van der Waals surface area contributed by atoms with Crippen LogP contribution in [-0.4, -0.2) is 4.98 Å². The van der Waals surface area contributed by atoms with Gasteiger partial charge in [0.25, 0.3) is 0 Å². The lowest BCUT2D eigenvalue weighted by molar-refractivity contribution is 1.22. The number of fused-ring (bicyclic) bond motifs is 1. The third kappa shape index (κ3) is 1.61. The Labute approximate surface area is 90.5 Å². The number of pyridine rings is 1. The molecule has 0 radical (unpaired) electrons. The smallest absolute Gasteiger partial charge is 0.241 e. The summed E-state index contributed by atoms with van der Waals surface area (Å²) >= 11 is 3.44. The Hall–Kier alpha value is -1.40. The standard InChI is InChI=1S/C11H7BrN2/c1-13-6-8-5-9-3-2-4-10(12)11(9)14-7-8/h2-5,7H,6H2. The van der Waals surface area contributed by atoms with Gasteiger partial charge < -0.3 is 4.85 Å². The van der Waals surface area contributed by atoms with Crippen molar-refractivity contribution in [1.82, 2.24) is 4.98 Å². The van der Waals surface area contributed by atoms with E-state index < -0.39 is 0 Å². The largest absolute Gasteiger partial charge is 0.312 e. The Balaban J connectivity index is 2.63. The molecule has 1 aromatic carbocycles. The van der Waals surface area contributed by atoms with E-state index >= 15 is 0 Å². The monoisotopic (exact) mass is 246 g/mol. The lowest BCUT2D eigenvalue weighted by Gasteiger charge is -1.99. The van der Waals surface area contributed by atoms with Gasteiger partial charge in [0.1, 0.15) is 0 Å². The van der Waals surface area contributed by atoms with Gasteiger partial charge in [-0.25, -0.2) is 6.57 Å². The highest BCUT2D eigenvalue weighted by Gasteiger charge is 2.01. The molecule has 0 N–H and O–H groups in total. The summed E-state index contributed by atoms with van der Waals surface area (Å²) in [5.41, 5.74) is 1.91. The topological polar surface area (TPSA) is 17.2 Å². The molecule has 2 rings (SSSR count). The fourth-order valence-corrected chi connectivity index (χ4v) is 1.83. The predicted octanol–water partition coefficient (Wildman–Crippen LogP) is 3.42. The molecule has 0 amide bonds. The molecule has 0 aliphatic heterocycles. The molecule has 1 heterocycles. The molecule has 0 saturated heterocycles. The summed E-state index contributed by atoms with van der Waals surface area (Å²) in [4.78, 5) is 7.64. The molecular weight excluding hydrogens is 240 g/mol. The Morgan fingerprint density at radius 1 is 1.43 bits per heavy atom. The number of benzene rings is 1. The third-order valence-electron chi connectivity index (χ3n) is 1.98. The summed E-state index contributed by atoms with van der Waals surface area (Å²) in [5, 5.41) is 1.07. The van der Waals surface area contributed by atoms with Crippen LogP contribution in [0.1, 0.15) is 5.56 Å². The Bertz CT molecular complexity index is 514. The molecule has 0 fully saturated rings. The van der Waals surface area contributed by atoms with Crippen LogP contribution in [0.3, 0.4) is 0 Å². The van der Waals surface area contributed by atoms with Gasteiger partial charge in [-0.2, -0.15) is 0 Å². The van der Waals surface area contributed by atoms with E-state index in [0.717, 1.165) is 20.9 Å². The van der Waals surface area contributed by atoms with Gasteiger partial charge in [0.2, 0.25) is 6.54 Å². The van der Waals surface area contributed by atoms with Crippen LogP contribution >= 0.6 is 15.9 Å². The minimum atomic E-state index is 0.398. The van der Waals surface area contributed by atoms with Crippen molar-refractivity contribution < 1.29 is 0 Å². The van der Waals surface area contributed by atoms with Crippen LogP contribution in [-0.2, 0) is 6.54 Å². The second-order valence-corrected chi connectivity index (χ2v) is 3.83. The van der Waals surface area contributed by atoms with Gasteiger partial charge in [-0.1, -0.05) is 12.1 Å². The van der Waals surface area contributed by atoms with Crippen LogP contribution in [0.2, 0.25) is 0 Å². The second kappa shape index (κ2) is 3.77. The van der Waals surface area contributed by atoms with E-state index in [0.29, 0.717) is 6.54 Å². The quantitative estimate of drug-likeness (QED) is 0.706. The average molecular weight is 247 g/mol. The van der Waals surface area contributed by atoms with Crippen molar-refractivity contribution in [3.05, 3.63) is 51.9 Å². The van der Waals surface area contributed by atoms with Gasteiger partial charge in [0, 0.05) is 21.6 Å². The van der Waals surface area contributed by atoms with Crippen molar-refractivity contribution >= 4 is 26.8 Å². The molecule has 0 spiro atoms. The van der Waals surface area contributed by atoms with Crippen molar-refractivity contribution in [3.8, 4) is 0 Å². The van der Waals surface area contributed by atoms with E-state index in [1.165, 1.54) is 0 Å². The van der Waals surface area contributed by atoms with Gasteiger partial charge in [-0.05, 0) is 28.1 Å².